The highest BCUT2D eigenvalue weighted by molar-refractivity contribution is 5.22. The fourth-order valence-electron chi connectivity index (χ4n) is 3.53. The molecule has 1 aliphatic heterocycles. The van der Waals surface area contributed by atoms with Crippen molar-refractivity contribution < 1.29 is 0 Å². The van der Waals surface area contributed by atoms with E-state index in [0.717, 1.165) is 23.4 Å². The van der Waals surface area contributed by atoms with E-state index in [0.29, 0.717) is 0 Å². The molecular weight excluding hydrogens is 122 g/mol. The number of rotatable bonds is 0. The molecule has 0 radical (unpaired) electrons. The first-order valence-corrected chi connectivity index (χ1v) is 4.46. The maximum absolute atomic E-state index is 2.62. The summed E-state index contributed by atoms with van der Waals surface area (Å²) in [6.07, 6.45) is 4.52. The third kappa shape index (κ3) is 0.378. The van der Waals surface area contributed by atoms with E-state index in [1.165, 1.54) is 19.3 Å². The minimum atomic E-state index is 0.833. The van der Waals surface area contributed by atoms with Crippen molar-refractivity contribution in [3.05, 3.63) is 0 Å². The summed E-state index contributed by atoms with van der Waals surface area (Å²) in [4.78, 5) is 2.62. The lowest BCUT2D eigenvalue weighted by Gasteiger charge is -2.25. The molecule has 0 aromatic heterocycles. The van der Waals surface area contributed by atoms with E-state index < -0.39 is 0 Å². The quantitative estimate of drug-likeness (QED) is 0.489. The van der Waals surface area contributed by atoms with Gasteiger partial charge in [0.25, 0.3) is 0 Å². The first-order chi connectivity index (χ1) is 4.74. The highest BCUT2D eigenvalue weighted by Gasteiger charge is 2.69. The van der Waals surface area contributed by atoms with E-state index in [4.69, 9.17) is 0 Å². The maximum atomic E-state index is 2.62. The van der Waals surface area contributed by atoms with Gasteiger partial charge in [-0.3, -0.25) is 4.90 Å². The van der Waals surface area contributed by atoms with Crippen LogP contribution in [-0.4, -0.2) is 24.0 Å². The van der Waals surface area contributed by atoms with E-state index >= 15 is 0 Å². The Bertz CT molecular complexity index is 187. The first kappa shape index (κ1) is 5.59. The lowest BCUT2D eigenvalue weighted by atomic mass is 9.94. The minimum absolute atomic E-state index is 0.833. The summed E-state index contributed by atoms with van der Waals surface area (Å²) in [6, 6.07) is 1.97. The van der Waals surface area contributed by atoms with Gasteiger partial charge in [0.1, 0.15) is 0 Å². The molecule has 2 bridgehead atoms. The molecule has 4 unspecified atom stereocenters. The number of nitrogens with zero attached hydrogens (tertiary/aromatic N) is 1. The van der Waals surface area contributed by atoms with Gasteiger partial charge in [-0.25, -0.2) is 0 Å². The summed E-state index contributed by atoms with van der Waals surface area (Å²) < 4.78 is 0. The smallest absolute Gasteiger partial charge is 0.0161 e. The van der Waals surface area contributed by atoms with E-state index in [2.05, 4.69) is 18.9 Å². The second-order valence-electron chi connectivity index (χ2n) is 4.61. The van der Waals surface area contributed by atoms with Crippen molar-refractivity contribution in [3.63, 3.8) is 0 Å². The van der Waals surface area contributed by atoms with Gasteiger partial charge in [0, 0.05) is 12.1 Å². The van der Waals surface area contributed by atoms with Crippen molar-refractivity contribution in [2.24, 2.45) is 11.3 Å². The molecule has 1 spiro atoms. The van der Waals surface area contributed by atoms with E-state index in [-0.39, 0.29) is 0 Å². The third-order valence-electron chi connectivity index (χ3n) is 4.37. The topological polar surface area (TPSA) is 3.24 Å². The van der Waals surface area contributed by atoms with Crippen LogP contribution >= 0.6 is 0 Å². The molecule has 4 atom stereocenters. The molecule has 2 saturated carbocycles. The van der Waals surface area contributed by atoms with Crippen molar-refractivity contribution in [2.75, 3.05) is 7.05 Å². The molecule has 3 fully saturated rings. The lowest BCUT2D eigenvalue weighted by molar-refractivity contribution is 0.214. The molecule has 0 N–H and O–H groups in total. The summed E-state index contributed by atoms with van der Waals surface area (Å²) in [7, 11) is 2.32. The highest BCUT2D eigenvalue weighted by atomic mass is 15.3. The van der Waals surface area contributed by atoms with Crippen LogP contribution in [0.3, 0.4) is 0 Å². The molecule has 56 valence electrons. The van der Waals surface area contributed by atoms with E-state index in [1.807, 2.05) is 0 Å². The minimum Gasteiger partial charge on any atom is -0.300 e. The highest BCUT2D eigenvalue weighted by Crippen LogP contribution is 2.69. The zero-order valence-corrected chi connectivity index (χ0v) is 6.80. The van der Waals surface area contributed by atoms with Gasteiger partial charge in [-0.1, -0.05) is 6.92 Å². The summed E-state index contributed by atoms with van der Waals surface area (Å²) >= 11 is 0. The Hall–Kier alpha value is -0.0400. The van der Waals surface area contributed by atoms with Crippen LogP contribution < -0.4 is 0 Å². The number of hydrogen-bond donors (Lipinski definition) is 0. The van der Waals surface area contributed by atoms with Crippen molar-refractivity contribution in [1.29, 1.82) is 0 Å². The molecule has 0 aromatic rings. The molecule has 2 aliphatic carbocycles. The summed E-state index contributed by atoms with van der Waals surface area (Å²) in [5, 5.41) is 0. The fraction of sp³-hybridized carbons (Fsp3) is 1.00. The molecule has 1 heterocycles. The van der Waals surface area contributed by atoms with Crippen LogP contribution in [0.4, 0.5) is 0 Å². The van der Waals surface area contributed by atoms with Gasteiger partial charge >= 0.3 is 0 Å². The molecular formula is C9H15N. The van der Waals surface area contributed by atoms with Crippen LogP contribution in [0.1, 0.15) is 26.2 Å². The number of fused-ring (bicyclic) bond motifs is 1. The zero-order chi connectivity index (χ0) is 6.93. The average molecular weight is 137 g/mol. The van der Waals surface area contributed by atoms with Crippen LogP contribution in [0, 0.1) is 11.3 Å². The van der Waals surface area contributed by atoms with E-state index in [1.54, 1.807) is 0 Å². The summed E-state index contributed by atoms with van der Waals surface area (Å²) in [5.41, 5.74) is 0.833. The molecule has 10 heavy (non-hydrogen) atoms. The van der Waals surface area contributed by atoms with Crippen LogP contribution in [-0.2, 0) is 0 Å². The second-order valence-corrected chi connectivity index (χ2v) is 4.61. The molecule has 0 aromatic carbocycles. The molecule has 0 amide bonds. The monoisotopic (exact) mass is 137 g/mol. The summed E-state index contributed by atoms with van der Waals surface area (Å²) in [5.74, 6) is 1.04. The van der Waals surface area contributed by atoms with Crippen molar-refractivity contribution in [1.82, 2.24) is 4.90 Å². The lowest BCUT2D eigenvalue weighted by Crippen LogP contribution is -2.31. The Kier molecular flexibility index (Phi) is 0.722. The van der Waals surface area contributed by atoms with Crippen molar-refractivity contribution in [2.45, 2.75) is 38.3 Å². The van der Waals surface area contributed by atoms with Crippen LogP contribution in [0.2, 0.25) is 0 Å². The SMILES string of the molecule is CC1CC2CC13CC3N2C. The van der Waals surface area contributed by atoms with Gasteiger partial charge in [-0.2, -0.15) is 0 Å². The number of piperidine rings is 2. The van der Waals surface area contributed by atoms with Crippen molar-refractivity contribution in [3.8, 4) is 0 Å². The second kappa shape index (κ2) is 1.29. The van der Waals surface area contributed by atoms with Crippen LogP contribution in [0.5, 0.6) is 0 Å². The Balaban J connectivity index is 2.01. The Morgan fingerprint density at radius 3 is 2.70 bits per heavy atom. The van der Waals surface area contributed by atoms with Crippen LogP contribution in [0.15, 0.2) is 0 Å². The zero-order valence-electron chi connectivity index (χ0n) is 6.80. The van der Waals surface area contributed by atoms with Gasteiger partial charge in [0.15, 0.2) is 0 Å². The van der Waals surface area contributed by atoms with Gasteiger partial charge in [-0.05, 0) is 37.6 Å². The fourth-order valence-corrected chi connectivity index (χ4v) is 3.53. The maximum Gasteiger partial charge on any atom is 0.0161 e. The standard InChI is InChI=1S/C9H15N/c1-6-3-7-4-9(6)5-8(9)10(7)2/h6-8H,3-5H2,1-2H3. The first-order valence-electron chi connectivity index (χ1n) is 4.46. The van der Waals surface area contributed by atoms with E-state index in [9.17, 15) is 0 Å². The molecule has 1 saturated heterocycles. The van der Waals surface area contributed by atoms with Gasteiger partial charge < -0.3 is 0 Å². The molecule has 1 nitrogen and oxygen atoms in total. The largest absolute Gasteiger partial charge is 0.300 e. The predicted molar refractivity (Wildman–Crippen MR) is 40.8 cm³/mol. The number of hydrogen-bond acceptors (Lipinski definition) is 1. The Labute approximate surface area is 62.4 Å². The van der Waals surface area contributed by atoms with Crippen LogP contribution in [0.25, 0.3) is 0 Å². The summed E-state index contributed by atoms with van der Waals surface area (Å²) in [6.45, 7) is 2.45. The molecule has 1 heteroatoms. The number of likely N-dealkylation sites (tertiary alicyclic amines) is 1. The Morgan fingerprint density at radius 1 is 1.40 bits per heavy atom. The third-order valence-corrected chi connectivity index (χ3v) is 4.37. The molecule has 3 rings (SSSR count). The predicted octanol–water partition coefficient (Wildman–Crippen LogP) is 1.49. The van der Waals surface area contributed by atoms with Gasteiger partial charge in [-0.15, -0.1) is 0 Å². The average Bonchev–Trinajstić information content (AvgIpc) is 2.45. The van der Waals surface area contributed by atoms with Crippen molar-refractivity contribution >= 4 is 0 Å². The Morgan fingerprint density at radius 2 is 2.20 bits per heavy atom. The molecule has 3 aliphatic rings. The van der Waals surface area contributed by atoms with Gasteiger partial charge in [0.2, 0.25) is 0 Å². The normalized spacial score (nSPS) is 64.8. The van der Waals surface area contributed by atoms with Gasteiger partial charge in [0.05, 0.1) is 0 Å².